The van der Waals surface area contributed by atoms with Gasteiger partial charge in [-0.2, -0.15) is 0 Å². The second-order valence-corrected chi connectivity index (χ2v) is 6.73. The van der Waals surface area contributed by atoms with Crippen molar-refractivity contribution in [1.29, 1.82) is 0 Å². The SMILES string of the molecule is O=C(COc1ccccc1Cl)N1CCCCC1C1CCOCC1. The average molecular weight is 338 g/mol. The lowest BCUT2D eigenvalue weighted by atomic mass is 9.85. The van der Waals surface area contributed by atoms with E-state index in [9.17, 15) is 4.79 Å². The normalized spacial score (nSPS) is 22.8. The number of halogens is 1. The van der Waals surface area contributed by atoms with E-state index in [2.05, 4.69) is 0 Å². The molecule has 126 valence electrons. The molecule has 3 rings (SSSR count). The average Bonchev–Trinajstić information content (AvgIpc) is 2.61. The number of hydrogen-bond acceptors (Lipinski definition) is 3. The number of hydrogen-bond donors (Lipinski definition) is 0. The second-order valence-electron chi connectivity index (χ2n) is 6.32. The van der Waals surface area contributed by atoms with Crippen LogP contribution in [0.3, 0.4) is 0 Å². The van der Waals surface area contributed by atoms with Crippen LogP contribution in [0.25, 0.3) is 0 Å². The van der Waals surface area contributed by atoms with Crippen LogP contribution in [-0.4, -0.2) is 43.2 Å². The molecule has 0 spiro atoms. The summed E-state index contributed by atoms with van der Waals surface area (Å²) < 4.78 is 11.1. The number of rotatable bonds is 4. The molecule has 2 saturated heterocycles. The highest BCUT2D eigenvalue weighted by atomic mass is 35.5. The van der Waals surface area contributed by atoms with Crippen molar-refractivity contribution in [3.63, 3.8) is 0 Å². The summed E-state index contributed by atoms with van der Waals surface area (Å²) in [5, 5.41) is 0.542. The van der Waals surface area contributed by atoms with Crippen molar-refractivity contribution >= 4 is 17.5 Å². The summed E-state index contributed by atoms with van der Waals surface area (Å²) in [6.07, 6.45) is 5.50. The summed E-state index contributed by atoms with van der Waals surface area (Å²) in [7, 11) is 0. The molecule has 4 nitrogen and oxygen atoms in total. The van der Waals surface area contributed by atoms with E-state index in [1.165, 1.54) is 6.42 Å². The minimum absolute atomic E-state index is 0.0590. The number of piperidine rings is 1. The number of nitrogens with zero attached hydrogens (tertiary/aromatic N) is 1. The first-order valence-electron chi connectivity index (χ1n) is 8.50. The summed E-state index contributed by atoms with van der Waals surface area (Å²) in [4.78, 5) is 14.7. The Labute approximate surface area is 142 Å². The highest BCUT2D eigenvalue weighted by Gasteiger charge is 2.33. The maximum atomic E-state index is 12.7. The van der Waals surface area contributed by atoms with E-state index in [0.717, 1.165) is 45.4 Å². The van der Waals surface area contributed by atoms with E-state index in [4.69, 9.17) is 21.1 Å². The minimum atomic E-state index is 0.0590. The first-order chi connectivity index (χ1) is 11.3. The summed E-state index contributed by atoms with van der Waals surface area (Å²) in [5.74, 6) is 1.21. The van der Waals surface area contributed by atoms with Gasteiger partial charge in [-0.1, -0.05) is 23.7 Å². The Morgan fingerprint density at radius 1 is 1.22 bits per heavy atom. The zero-order chi connectivity index (χ0) is 16.1. The molecule has 0 aliphatic carbocycles. The largest absolute Gasteiger partial charge is 0.482 e. The van der Waals surface area contributed by atoms with Crippen molar-refractivity contribution in [2.45, 2.75) is 38.1 Å². The van der Waals surface area contributed by atoms with Gasteiger partial charge in [-0.15, -0.1) is 0 Å². The number of para-hydroxylation sites is 1. The van der Waals surface area contributed by atoms with Crippen molar-refractivity contribution in [1.82, 2.24) is 4.90 Å². The van der Waals surface area contributed by atoms with Crippen LogP contribution in [0.5, 0.6) is 5.75 Å². The quantitative estimate of drug-likeness (QED) is 0.843. The van der Waals surface area contributed by atoms with Crippen LogP contribution in [0.2, 0.25) is 5.02 Å². The van der Waals surface area contributed by atoms with E-state index in [0.29, 0.717) is 22.7 Å². The van der Waals surface area contributed by atoms with E-state index >= 15 is 0 Å². The van der Waals surface area contributed by atoms with Crippen LogP contribution in [0.4, 0.5) is 0 Å². The van der Waals surface area contributed by atoms with Gasteiger partial charge >= 0.3 is 0 Å². The molecule has 23 heavy (non-hydrogen) atoms. The van der Waals surface area contributed by atoms with E-state index in [-0.39, 0.29) is 12.5 Å². The maximum absolute atomic E-state index is 12.7. The number of carbonyl (C=O) groups excluding carboxylic acids is 1. The second kappa shape index (κ2) is 8.02. The lowest BCUT2D eigenvalue weighted by Gasteiger charge is -2.41. The number of likely N-dealkylation sites (tertiary alicyclic amines) is 1. The van der Waals surface area contributed by atoms with Gasteiger partial charge in [0.25, 0.3) is 5.91 Å². The fraction of sp³-hybridized carbons (Fsp3) is 0.611. The minimum Gasteiger partial charge on any atom is -0.482 e. The van der Waals surface area contributed by atoms with Crippen molar-refractivity contribution in [3.05, 3.63) is 29.3 Å². The van der Waals surface area contributed by atoms with Crippen LogP contribution >= 0.6 is 11.6 Å². The van der Waals surface area contributed by atoms with Crippen molar-refractivity contribution in [3.8, 4) is 5.75 Å². The Balaban J connectivity index is 1.60. The lowest BCUT2D eigenvalue weighted by Crippen LogP contribution is -2.50. The van der Waals surface area contributed by atoms with Gasteiger partial charge in [0.2, 0.25) is 0 Å². The zero-order valence-electron chi connectivity index (χ0n) is 13.4. The number of benzene rings is 1. The summed E-state index contributed by atoms with van der Waals surface area (Å²) in [6, 6.07) is 7.62. The Hall–Kier alpha value is -1.26. The van der Waals surface area contributed by atoms with Gasteiger partial charge in [0.05, 0.1) is 5.02 Å². The molecule has 1 unspecified atom stereocenters. The molecule has 0 saturated carbocycles. The molecule has 0 bridgehead atoms. The molecule has 2 heterocycles. The van der Waals surface area contributed by atoms with Crippen LogP contribution in [0, 0.1) is 5.92 Å². The van der Waals surface area contributed by atoms with Gasteiger partial charge < -0.3 is 14.4 Å². The first-order valence-corrected chi connectivity index (χ1v) is 8.88. The summed E-state index contributed by atoms with van der Waals surface area (Å²) in [6.45, 7) is 2.54. The van der Waals surface area contributed by atoms with Crippen LogP contribution in [0.1, 0.15) is 32.1 Å². The Kier molecular flexibility index (Phi) is 5.79. The third kappa shape index (κ3) is 4.18. The molecule has 1 amide bonds. The van der Waals surface area contributed by atoms with E-state index in [1.54, 1.807) is 12.1 Å². The monoisotopic (exact) mass is 337 g/mol. The predicted octanol–water partition coefficient (Wildman–Crippen LogP) is 3.53. The van der Waals surface area contributed by atoms with Gasteiger partial charge in [-0.05, 0) is 50.2 Å². The van der Waals surface area contributed by atoms with E-state index < -0.39 is 0 Å². The molecule has 1 aromatic carbocycles. The van der Waals surface area contributed by atoms with Crippen molar-refractivity contribution in [2.24, 2.45) is 5.92 Å². The zero-order valence-corrected chi connectivity index (χ0v) is 14.1. The van der Waals surface area contributed by atoms with Crippen molar-refractivity contribution in [2.75, 3.05) is 26.4 Å². The Bertz CT molecular complexity index is 531. The standard InChI is InChI=1S/C18H24ClNO3/c19-15-5-1-2-7-17(15)23-13-18(21)20-10-4-3-6-16(20)14-8-11-22-12-9-14/h1-2,5,7,14,16H,3-4,6,8-13H2. The maximum Gasteiger partial charge on any atom is 0.260 e. The smallest absolute Gasteiger partial charge is 0.260 e. The van der Waals surface area contributed by atoms with Gasteiger partial charge in [0.1, 0.15) is 5.75 Å². The van der Waals surface area contributed by atoms with Crippen LogP contribution in [-0.2, 0) is 9.53 Å². The lowest BCUT2D eigenvalue weighted by molar-refractivity contribution is -0.139. The first kappa shape index (κ1) is 16.6. The predicted molar refractivity (Wildman–Crippen MR) is 89.8 cm³/mol. The van der Waals surface area contributed by atoms with Gasteiger partial charge in [0.15, 0.2) is 6.61 Å². The molecular formula is C18H24ClNO3. The molecule has 1 aromatic rings. The Morgan fingerprint density at radius 2 is 2.00 bits per heavy atom. The third-order valence-electron chi connectivity index (χ3n) is 4.87. The summed E-state index contributed by atoms with van der Waals surface area (Å²) in [5.41, 5.74) is 0. The molecule has 2 aliphatic heterocycles. The molecule has 0 N–H and O–H groups in total. The van der Waals surface area contributed by atoms with Crippen molar-refractivity contribution < 1.29 is 14.3 Å². The molecule has 0 radical (unpaired) electrons. The molecule has 0 aromatic heterocycles. The summed E-state index contributed by atoms with van der Waals surface area (Å²) >= 11 is 6.08. The molecule has 2 fully saturated rings. The topological polar surface area (TPSA) is 38.8 Å². The number of carbonyl (C=O) groups is 1. The van der Waals surface area contributed by atoms with Crippen LogP contribution < -0.4 is 4.74 Å². The van der Waals surface area contributed by atoms with Gasteiger partial charge in [-0.25, -0.2) is 0 Å². The highest BCUT2D eigenvalue weighted by Crippen LogP contribution is 2.30. The number of ether oxygens (including phenoxy) is 2. The van der Waals surface area contributed by atoms with Crippen LogP contribution in [0.15, 0.2) is 24.3 Å². The molecule has 2 aliphatic rings. The molecule has 1 atom stereocenters. The number of amides is 1. The fourth-order valence-corrected chi connectivity index (χ4v) is 3.83. The Morgan fingerprint density at radius 3 is 2.78 bits per heavy atom. The van der Waals surface area contributed by atoms with E-state index in [1.807, 2.05) is 17.0 Å². The molecule has 5 heteroatoms. The van der Waals surface area contributed by atoms with Gasteiger partial charge in [-0.3, -0.25) is 4.79 Å². The van der Waals surface area contributed by atoms with Gasteiger partial charge in [0, 0.05) is 25.8 Å². The highest BCUT2D eigenvalue weighted by molar-refractivity contribution is 6.32. The fourth-order valence-electron chi connectivity index (χ4n) is 3.64. The molecular weight excluding hydrogens is 314 g/mol. The third-order valence-corrected chi connectivity index (χ3v) is 5.18.